The van der Waals surface area contributed by atoms with Crippen LogP contribution in [0.1, 0.15) is 21.5 Å². The number of nitrogens with zero attached hydrogens (tertiary/aromatic N) is 1. The summed E-state index contributed by atoms with van der Waals surface area (Å²) < 4.78 is 1.14. The molecular formula is C16H12INO2. The predicted octanol–water partition coefficient (Wildman–Crippen LogP) is 3.33. The highest BCUT2D eigenvalue weighted by Crippen LogP contribution is 2.31. The van der Waals surface area contributed by atoms with E-state index >= 15 is 0 Å². The molecule has 4 heteroatoms. The summed E-state index contributed by atoms with van der Waals surface area (Å²) in [5.41, 5.74) is 3.23. The van der Waals surface area contributed by atoms with Crippen LogP contribution in [0.3, 0.4) is 0 Å². The lowest BCUT2D eigenvalue weighted by Gasteiger charge is -2.16. The molecule has 0 radical (unpaired) electrons. The summed E-state index contributed by atoms with van der Waals surface area (Å²) in [6.45, 7) is 2.34. The second-order valence-corrected chi connectivity index (χ2v) is 6.11. The summed E-state index contributed by atoms with van der Waals surface area (Å²) in [5.74, 6) is -0.849. The fourth-order valence-electron chi connectivity index (χ4n) is 2.34. The molecule has 2 aromatic rings. The van der Waals surface area contributed by atoms with E-state index in [0.29, 0.717) is 17.8 Å². The van der Waals surface area contributed by atoms with E-state index in [1.807, 2.05) is 43.3 Å². The Kier molecular flexibility index (Phi) is 3.33. The monoisotopic (exact) mass is 377 g/mol. The fraction of sp³-hybridized carbons (Fsp3) is 0.125. The lowest BCUT2D eigenvalue weighted by molar-refractivity contribution is -0.114. The van der Waals surface area contributed by atoms with Crippen LogP contribution >= 0.6 is 22.6 Å². The number of ketones is 1. The van der Waals surface area contributed by atoms with Gasteiger partial charge in [0, 0.05) is 3.57 Å². The van der Waals surface area contributed by atoms with Gasteiger partial charge < -0.3 is 4.90 Å². The highest BCUT2D eigenvalue weighted by Gasteiger charge is 2.35. The van der Waals surface area contributed by atoms with E-state index in [0.717, 1.165) is 14.7 Å². The van der Waals surface area contributed by atoms with Crippen molar-refractivity contribution in [2.45, 2.75) is 13.5 Å². The first-order chi connectivity index (χ1) is 9.56. The molecule has 0 saturated carbocycles. The van der Waals surface area contributed by atoms with Crippen molar-refractivity contribution in [1.29, 1.82) is 0 Å². The number of fused-ring (bicyclic) bond motifs is 1. The predicted molar refractivity (Wildman–Crippen MR) is 85.9 cm³/mol. The summed E-state index contributed by atoms with van der Waals surface area (Å²) in [6.07, 6.45) is 0. The number of hydrogen-bond acceptors (Lipinski definition) is 2. The van der Waals surface area contributed by atoms with Gasteiger partial charge in [-0.2, -0.15) is 0 Å². The molecule has 100 valence electrons. The van der Waals surface area contributed by atoms with E-state index in [4.69, 9.17) is 0 Å². The van der Waals surface area contributed by atoms with E-state index in [-0.39, 0.29) is 0 Å². The topological polar surface area (TPSA) is 37.4 Å². The van der Waals surface area contributed by atoms with Gasteiger partial charge in [-0.25, -0.2) is 0 Å². The molecule has 3 nitrogen and oxygen atoms in total. The van der Waals surface area contributed by atoms with Crippen molar-refractivity contribution in [3.8, 4) is 0 Å². The Hall–Kier alpha value is -1.69. The zero-order chi connectivity index (χ0) is 14.3. The van der Waals surface area contributed by atoms with Gasteiger partial charge in [0.25, 0.3) is 11.7 Å². The molecule has 0 aliphatic carbocycles. The largest absolute Gasteiger partial charge is 0.300 e. The van der Waals surface area contributed by atoms with Crippen molar-refractivity contribution in [1.82, 2.24) is 0 Å². The standard InChI is InChI=1S/C16H12INO2/c1-10-2-7-14-13(8-10)15(19)16(20)18(14)9-11-3-5-12(17)6-4-11/h2-8H,9H2,1H3. The Balaban J connectivity index is 1.97. The molecule has 0 aromatic heterocycles. The Bertz CT molecular complexity index is 707. The van der Waals surface area contributed by atoms with E-state index in [1.54, 1.807) is 11.0 Å². The molecular weight excluding hydrogens is 365 g/mol. The van der Waals surface area contributed by atoms with Gasteiger partial charge in [0.1, 0.15) is 0 Å². The second-order valence-electron chi connectivity index (χ2n) is 4.87. The maximum absolute atomic E-state index is 12.1. The van der Waals surface area contributed by atoms with Crippen molar-refractivity contribution >= 4 is 40.0 Å². The van der Waals surface area contributed by atoms with E-state index in [2.05, 4.69) is 22.6 Å². The average Bonchev–Trinajstić information content (AvgIpc) is 2.66. The van der Waals surface area contributed by atoms with Crippen LogP contribution in [0.15, 0.2) is 42.5 Å². The number of anilines is 1. The molecule has 0 bridgehead atoms. The van der Waals surface area contributed by atoms with Gasteiger partial charge in [0.05, 0.1) is 17.8 Å². The third-order valence-electron chi connectivity index (χ3n) is 3.38. The summed E-state index contributed by atoms with van der Waals surface area (Å²) in [6, 6.07) is 13.5. The lowest BCUT2D eigenvalue weighted by atomic mass is 10.1. The zero-order valence-electron chi connectivity index (χ0n) is 10.9. The summed E-state index contributed by atoms with van der Waals surface area (Å²) >= 11 is 2.24. The van der Waals surface area contributed by atoms with Crippen LogP contribution in [0.25, 0.3) is 0 Å². The van der Waals surface area contributed by atoms with Crippen LogP contribution < -0.4 is 4.90 Å². The van der Waals surface area contributed by atoms with Crippen LogP contribution in [0.5, 0.6) is 0 Å². The number of halogens is 1. The smallest absolute Gasteiger partial charge is 0.299 e. The normalized spacial score (nSPS) is 13.8. The SMILES string of the molecule is Cc1ccc2c(c1)C(=O)C(=O)N2Cc1ccc(I)cc1. The minimum absolute atomic E-state index is 0.408. The number of Topliss-reactive ketones (excluding diaryl/α,β-unsaturated/α-hetero) is 1. The van der Waals surface area contributed by atoms with Gasteiger partial charge in [-0.05, 0) is 59.3 Å². The van der Waals surface area contributed by atoms with Crippen molar-refractivity contribution in [3.63, 3.8) is 0 Å². The number of benzene rings is 2. The fourth-order valence-corrected chi connectivity index (χ4v) is 2.70. The zero-order valence-corrected chi connectivity index (χ0v) is 13.0. The number of aryl methyl sites for hydroxylation is 1. The summed E-state index contributed by atoms with van der Waals surface area (Å²) in [4.78, 5) is 25.7. The number of hydrogen-bond donors (Lipinski definition) is 0. The molecule has 0 spiro atoms. The molecule has 0 atom stereocenters. The highest BCUT2D eigenvalue weighted by molar-refractivity contribution is 14.1. The molecule has 0 fully saturated rings. The van der Waals surface area contributed by atoms with Gasteiger partial charge >= 0.3 is 0 Å². The maximum Gasteiger partial charge on any atom is 0.299 e. The Morgan fingerprint density at radius 1 is 1.05 bits per heavy atom. The third kappa shape index (κ3) is 2.24. The van der Waals surface area contributed by atoms with Gasteiger partial charge in [-0.15, -0.1) is 0 Å². The Morgan fingerprint density at radius 3 is 2.45 bits per heavy atom. The number of carbonyl (C=O) groups is 2. The molecule has 1 aliphatic rings. The van der Waals surface area contributed by atoms with Gasteiger partial charge in [0.2, 0.25) is 0 Å². The average molecular weight is 377 g/mol. The lowest BCUT2D eigenvalue weighted by Crippen LogP contribution is -2.29. The van der Waals surface area contributed by atoms with Crippen LogP contribution in [-0.4, -0.2) is 11.7 Å². The van der Waals surface area contributed by atoms with Crippen LogP contribution in [0, 0.1) is 10.5 Å². The highest BCUT2D eigenvalue weighted by atomic mass is 127. The van der Waals surface area contributed by atoms with Crippen LogP contribution in [-0.2, 0) is 11.3 Å². The van der Waals surface area contributed by atoms with Gasteiger partial charge in [0.15, 0.2) is 0 Å². The van der Waals surface area contributed by atoms with Gasteiger partial charge in [-0.1, -0.05) is 23.8 Å². The molecule has 1 amide bonds. The van der Waals surface area contributed by atoms with Crippen LogP contribution in [0.2, 0.25) is 0 Å². The summed E-state index contributed by atoms with van der Waals surface area (Å²) in [5, 5.41) is 0. The van der Waals surface area contributed by atoms with Gasteiger partial charge in [-0.3, -0.25) is 9.59 Å². The molecule has 20 heavy (non-hydrogen) atoms. The minimum Gasteiger partial charge on any atom is -0.300 e. The third-order valence-corrected chi connectivity index (χ3v) is 4.10. The second kappa shape index (κ2) is 5.01. The maximum atomic E-state index is 12.1. The van der Waals surface area contributed by atoms with E-state index in [9.17, 15) is 9.59 Å². The molecule has 1 heterocycles. The first kappa shape index (κ1) is 13.3. The van der Waals surface area contributed by atoms with E-state index < -0.39 is 11.7 Å². The minimum atomic E-state index is -0.441. The Morgan fingerprint density at radius 2 is 1.75 bits per heavy atom. The van der Waals surface area contributed by atoms with E-state index in [1.165, 1.54) is 0 Å². The number of rotatable bonds is 2. The number of carbonyl (C=O) groups excluding carboxylic acids is 2. The first-order valence-electron chi connectivity index (χ1n) is 6.27. The van der Waals surface area contributed by atoms with Crippen molar-refractivity contribution < 1.29 is 9.59 Å². The molecule has 3 rings (SSSR count). The van der Waals surface area contributed by atoms with Crippen molar-refractivity contribution in [2.75, 3.05) is 4.90 Å². The number of amides is 1. The van der Waals surface area contributed by atoms with Crippen molar-refractivity contribution in [2.24, 2.45) is 0 Å². The Labute approximate surface area is 130 Å². The quantitative estimate of drug-likeness (QED) is 0.595. The molecule has 0 unspecified atom stereocenters. The molecule has 1 aliphatic heterocycles. The molecule has 0 N–H and O–H groups in total. The molecule has 2 aromatic carbocycles. The van der Waals surface area contributed by atoms with Crippen molar-refractivity contribution in [3.05, 3.63) is 62.7 Å². The summed E-state index contributed by atoms with van der Waals surface area (Å²) in [7, 11) is 0. The molecule has 0 saturated heterocycles. The first-order valence-corrected chi connectivity index (χ1v) is 7.35. The van der Waals surface area contributed by atoms with Crippen LogP contribution in [0.4, 0.5) is 5.69 Å².